The Balaban J connectivity index is 3.20. The first kappa shape index (κ1) is 11.0. The van der Waals surface area contributed by atoms with E-state index in [0.717, 1.165) is 0 Å². The molecule has 13 heavy (non-hydrogen) atoms. The van der Waals surface area contributed by atoms with Crippen LogP contribution >= 0.6 is 0 Å². The zero-order chi connectivity index (χ0) is 10.7. The van der Waals surface area contributed by atoms with Crippen LogP contribution in [0.25, 0.3) is 0 Å². The van der Waals surface area contributed by atoms with E-state index >= 15 is 0 Å². The van der Waals surface area contributed by atoms with Crippen LogP contribution < -0.4 is 0 Å². The van der Waals surface area contributed by atoms with Gasteiger partial charge in [0.25, 0.3) is 0 Å². The number of hydrogen-bond donors (Lipinski definition) is 2. The molecule has 0 saturated heterocycles. The summed E-state index contributed by atoms with van der Waals surface area (Å²) in [5.41, 5.74) is -0.890. The lowest BCUT2D eigenvalue weighted by molar-refractivity contribution is -0.0231. The average molecular weight is 186 g/mol. The zero-order valence-electron chi connectivity index (χ0n) is 9.55. The van der Waals surface area contributed by atoms with E-state index in [1.54, 1.807) is 0 Å². The van der Waals surface area contributed by atoms with Gasteiger partial charge in [-0.15, -0.1) is 0 Å². The van der Waals surface area contributed by atoms with Crippen LogP contribution in [0, 0.1) is 16.2 Å². The van der Waals surface area contributed by atoms with E-state index in [9.17, 15) is 10.2 Å². The first-order chi connectivity index (χ1) is 5.56. The fourth-order valence-electron chi connectivity index (χ4n) is 2.71. The Morgan fingerprint density at radius 1 is 0.692 bits per heavy atom. The monoisotopic (exact) mass is 186 g/mol. The van der Waals surface area contributed by atoms with Gasteiger partial charge in [-0.05, 0) is 10.8 Å². The van der Waals surface area contributed by atoms with Gasteiger partial charge in [-0.25, -0.2) is 0 Å². The van der Waals surface area contributed by atoms with E-state index in [2.05, 4.69) is 0 Å². The highest BCUT2D eigenvalue weighted by atomic mass is 16.3. The van der Waals surface area contributed by atoms with Crippen molar-refractivity contribution in [1.82, 2.24) is 0 Å². The molecule has 1 saturated carbocycles. The number of hydrogen-bond acceptors (Lipinski definition) is 2. The summed E-state index contributed by atoms with van der Waals surface area (Å²) < 4.78 is 0. The molecule has 2 heteroatoms. The van der Waals surface area contributed by atoms with Crippen LogP contribution in [-0.4, -0.2) is 22.4 Å². The van der Waals surface area contributed by atoms with Gasteiger partial charge < -0.3 is 10.2 Å². The van der Waals surface area contributed by atoms with Gasteiger partial charge in [0.05, 0.1) is 12.2 Å². The second-order valence-corrected chi connectivity index (χ2v) is 6.07. The average Bonchev–Trinajstić information content (AvgIpc) is 2.05. The third-order valence-corrected chi connectivity index (χ3v) is 4.44. The minimum atomic E-state index is -0.454. The molecule has 0 bridgehead atoms. The molecule has 0 heterocycles. The lowest BCUT2D eigenvalue weighted by Gasteiger charge is -2.38. The van der Waals surface area contributed by atoms with Crippen molar-refractivity contribution in [2.45, 2.75) is 53.8 Å². The zero-order valence-corrected chi connectivity index (χ0v) is 9.55. The highest BCUT2D eigenvalue weighted by Gasteiger charge is 2.63. The van der Waals surface area contributed by atoms with Gasteiger partial charge in [0, 0.05) is 5.41 Å². The molecule has 1 aliphatic rings. The highest BCUT2D eigenvalue weighted by Crippen LogP contribution is 2.59. The van der Waals surface area contributed by atoms with Crippen molar-refractivity contribution in [2.24, 2.45) is 16.2 Å². The maximum absolute atomic E-state index is 10.1. The van der Waals surface area contributed by atoms with Crippen molar-refractivity contribution in [2.75, 3.05) is 0 Å². The molecule has 0 radical (unpaired) electrons. The Kier molecular flexibility index (Phi) is 2.10. The molecule has 1 rings (SSSR count). The summed E-state index contributed by atoms with van der Waals surface area (Å²) in [4.78, 5) is 0. The lowest BCUT2D eigenvalue weighted by Crippen LogP contribution is -2.38. The molecule has 78 valence electrons. The summed E-state index contributed by atoms with van der Waals surface area (Å²) in [6, 6.07) is 0. The van der Waals surface area contributed by atoms with Crippen molar-refractivity contribution in [3.63, 3.8) is 0 Å². The normalized spacial score (nSPS) is 40.6. The molecule has 1 aliphatic carbocycles. The molecule has 2 N–H and O–H groups in total. The molecular weight excluding hydrogens is 164 g/mol. The minimum absolute atomic E-state index is 0.240. The Labute approximate surface area is 81.0 Å². The van der Waals surface area contributed by atoms with Crippen molar-refractivity contribution in [1.29, 1.82) is 0 Å². The molecule has 2 atom stereocenters. The maximum atomic E-state index is 10.1. The second-order valence-electron chi connectivity index (χ2n) is 6.07. The van der Waals surface area contributed by atoms with E-state index in [4.69, 9.17) is 0 Å². The molecule has 0 aromatic carbocycles. The molecule has 0 aromatic heterocycles. The second kappa shape index (κ2) is 2.48. The molecule has 0 aromatic rings. The topological polar surface area (TPSA) is 40.5 Å². The smallest absolute Gasteiger partial charge is 0.0672 e. The van der Waals surface area contributed by atoms with Gasteiger partial charge in [0.1, 0.15) is 0 Å². The number of rotatable bonds is 0. The minimum Gasteiger partial charge on any atom is -0.392 e. The number of aliphatic hydroxyl groups excluding tert-OH is 2. The summed E-state index contributed by atoms with van der Waals surface area (Å²) >= 11 is 0. The van der Waals surface area contributed by atoms with Crippen molar-refractivity contribution in [3.8, 4) is 0 Å². The Hall–Kier alpha value is -0.0800. The molecule has 2 unspecified atom stereocenters. The fourth-order valence-corrected chi connectivity index (χ4v) is 2.71. The van der Waals surface area contributed by atoms with E-state index < -0.39 is 17.6 Å². The molecule has 0 aliphatic heterocycles. The lowest BCUT2D eigenvalue weighted by atomic mass is 9.69. The largest absolute Gasteiger partial charge is 0.392 e. The maximum Gasteiger partial charge on any atom is 0.0672 e. The third kappa shape index (κ3) is 1.08. The Morgan fingerprint density at radius 3 is 1.00 bits per heavy atom. The molecule has 1 fully saturated rings. The molecule has 0 spiro atoms. The van der Waals surface area contributed by atoms with E-state index in [-0.39, 0.29) is 10.8 Å². The summed E-state index contributed by atoms with van der Waals surface area (Å²) in [5, 5.41) is 20.3. The first-order valence-corrected chi connectivity index (χ1v) is 4.92. The molecular formula is C11H22O2. The van der Waals surface area contributed by atoms with Gasteiger partial charge in [-0.2, -0.15) is 0 Å². The predicted octanol–water partition coefficient (Wildman–Crippen LogP) is 1.80. The van der Waals surface area contributed by atoms with Gasteiger partial charge in [0.15, 0.2) is 0 Å². The van der Waals surface area contributed by atoms with Crippen LogP contribution in [0.4, 0.5) is 0 Å². The summed E-state index contributed by atoms with van der Waals surface area (Å²) in [6.07, 6.45) is -0.907. The van der Waals surface area contributed by atoms with Crippen molar-refractivity contribution >= 4 is 0 Å². The predicted molar refractivity (Wildman–Crippen MR) is 53.4 cm³/mol. The Morgan fingerprint density at radius 2 is 0.923 bits per heavy atom. The highest BCUT2D eigenvalue weighted by molar-refractivity contribution is 5.12. The van der Waals surface area contributed by atoms with Gasteiger partial charge in [-0.1, -0.05) is 41.5 Å². The van der Waals surface area contributed by atoms with Crippen LogP contribution in [0.1, 0.15) is 41.5 Å². The van der Waals surface area contributed by atoms with Gasteiger partial charge in [-0.3, -0.25) is 0 Å². The standard InChI is InChI=1S/C11H22O2/c1-9(2)7(12)10(3,4)11(5,6)8(9)13/h7-8,12-13H,1-6H3. The SMILES string of the molecule is CC1(C)C(O)C(C)(C)C(C)(C)C1O. The third-order valence-electron chi connectivity index (χ3n) is 4.44. The quantitative estimate of drug-likeness (QED) is 0.605. The van der Waals surface area contributed by atoms with Gasteiger partial charge >= 0.3 is 0 Å². The summed E-state index contributed by atoms with van der Waals surface area (Å²) in [5.74, 6) is 0. The number of aliphatic hydroxyl groups is 2. The van der Waals surface area contributed by atoms with Crippen LogP contribution in [-0.2, 0) is 0 Å². The van der Waals surface area contributed by atoms with Crippen LogP contribution in [0.3, 0.4) is 0 Å². The van der Waals surface area contributed by atoms with Crippen LogP contribution in [0.15, 0.2) is 0 Å². The van der Waals surface area contributed by atoms with Crippen LogP contribution in [0.2, 0.25) is 0 Å². The van der Waals surface area contributed by atoms with Gasteiger partial charge in [0.2, 0.25) is 0 Å². The Bertz CT molecular complexity index is 194. The first-order valence-electron chi connectivity index (χ1n) is 4.92. The summed E-state index contributed by atoms with van der Waals surface area (Å²) in [7, 11) is 0. The van der Waals surface area contributed by atoms with Crippen LogP contribution in [0.5, 0.6) is 0 Å². The van der Waals surface area contributed by atoms with Crippen molar-refractivity contribution < 1.29 is 10.2 Å². The fraction of sp³-hybridized carbons (Fsp3) is 1.00. The van der Waals surface area contributed by atoms with E-state index in [1.807, 2.05) is 41.5 Å². The van der Waals surface area contributed by atoms with Crippen molar-refractivity contribution in [3.05, 3.63) is 0 Å². The molecule has 2 nitrogen and oxygen atoms in total. The van der Waals surface area contributed by atoms with E-state index in [1.165, 1.54) is 0 Å². The van der Waals surface area contributed by atoms with E-state index in [0.29, 0.717) is 0 Å². The summed E-state index contributed by atoms with van der Waals surface area (Å²) in [6.45, 7) is 12.0. The molecule has 0 amide bonds.